The molecule has 1 saturated carbocycles. The molecule has 2 aromatic rings. The third-order valence-corrected chi connectivity index (χ3v) is 5.58. The van der Waals surface area contributed by atoms with Gasteiger partial charge in [0.2, 0.25) is 0 Å². The summed E-state index contributed by atoms with van der Waals surface area (Å²) in [4.78, 5) is 11.0. The molecule has 140 valence electrons. The molecule has 0 spiro atoms. The maximum absolute atomic E-state index is 5.63. The van der Waals surface area contributed by atoms with Gasteiger partial charge in [0.05, 0.1) is 18.0 Å². The maximum atomic E-state index is 5.63. The summed E-state index contributed by atoms with van der Waals surface area (Å²) in [6, 6.07) is 2.42. The molecule has 4 rings (SSSR count). The zero-order chi connectivity index (χ0) is 18.1. The van der Waals surface area contributed by atoms with Gasteiger partial charge in [0.25, 0.3) is 0 Å². The summed E-state index contributed by atoms with van der Waals surface area (Å²) in [6.07, 6.45) is 7.55. The Bertz CT molecular complexity index is 756. The molecule has 2 aliphatic rings. The van der Waals surface area contributed by atoms with E-state index in [-0.39, 0.29) is 6.10 Å². The van der Waals surface area contributed by atoms with Crippen LogP contribution >= 0.6 is 0 Å². The lowest BCUT2D eigenvalue weighted by Gasteiger charge is -2.26. The Hall–Kier alpha value is -1.99. The van der Waals surface area contributed by atoms with Gasteiger partial charge in [-0.25, -0.2) is 9.97 Å². The number of nitrogens with one attached hydrogen (secondary N) is 1. The average Bonchev–Trinajstić information content (AvgIpc) is 3.29. The molecule has 2 aromatic heterocycles. The number of ether oxygens (including phenoxy) is 1. The number of nitrogens with zero attached hydrogens (tertiary/aromatic N) is 5. The fourth-order valence-corrected chi connectivity index (χ4v) is 3.90. The van der Waals surface area contributed by atoms with Crippen molar-refractivity contribution < 1.29 is 4.74 Å². The minimum atomic E-state index is 0.246. The summed E-state index contributed by atoms with van der Waals surface area (Å²) in [5.74, 6) is 1.72. The molecule has 1 N–H and O–H groups in total. The SMILES string of the molecule is CO[C@H]1C[C@@H](CNCc2c(C3CC3)cnn2C)N(c2cc(C)ncn2)C1. The highest BCUT2D eigenvalue weighted by molar-refractivity contribution is 5.42. The lowest BCUT2D eigenvalue weighted by molar-refractivity contribution is 0.118. The van der Waals surface area contributed by atoms with Crippen LogP contribution in [0.15, 0.2) is 18.6 Å². The highest BCUT2D eigenvalue weighted by Crippen LogP contribution is 2.41. The number of hydrogen-bond donors (Lipinski definition) is 1. The molecular formula is C19H28N6O. The molecule has 1 aliphatic heterocycles. The molecule has 2 fully saturated rings. The molecule has 0 bridgehead atoms. The third kappa shape index (κ3) is 3.59. The van der Waals surface area contributed by atoms with Crippen LogP contribution in [-0.2, 0) is 18.3 Å². The van der Waals surface area contributed by atoms with Gasteiger partial charge in [-0.2, -0.15) is 5.10 Å². The van der Waals surface area contributed by atoms with Crippen molar-refractivity contribution in [3.8, 4) is 0 Å². The van der Waals surface area contributed by atoms with Crippen LogP contribution in [0.2, 0.25) is 0 Å². The fourth-order valence-electron chi connectivity index (χ4n) is 3.90. The standard InChI is InChI=1S/C19H28N6O/c1-13-6-19(22-12-21-13)25-11-16(26-3)7-15(25)8-20-10-18-17(14-4-5-14)9-23-24(18)2/h6,9,12,14-16,20H,4-5,7-8,10-11H2,1-3H3/t15-,16-/m0/s1. The van der Waals surface area contributed by atoms with Crippen LogP contribution in [0.5, 0.6) is 0 Å². The predicted molar refractivity (Wildman–Crippen MR) is 100 cm³/mol. The highest BCUT2D eigenvalue weighted by atomic mass is 16.5. The minimum Gasteiger partial charge on any atom is -0.380 e. The summed E-state index contributed by atoms with van der Waals surface area (Å²) in [5.41, 5.74) is 3.73. The molecule has 26 heavy (non-hydrogen) atoms. The smallest absolute Gasteiger partial charge is 0.132 e. The van der Waals surface area contributed by atoms with Crippen LogP contribution in [0.3, 0.4) is 0 Å². The van der Waals surface area contributed by atoms with Gasteiger partial charge in [-0.05, 0) is 37.7 Å². The molecule has 1 saturated heterocycles. The van der Waals surface area contributed by atoms with Crippen molar-refractivity contribution in [3.05, 3.63) is 35.5 Å². The van der Waals surface area contributed by atoms with Gasteiger partial charge in [-0.3, -0.25) is 4.68 Å². The van der Waals surface area contributed by atoms with Crippen molar-refractivity contribution in [1.29, 1.82) is 0 Å². The molecule has 0 aromatic carbocycles. The summed E-state index contributed by atoms with van der Waals surface area (Å²) < 4.78 is 7.64. The third-order valence-electron chi connectivity index (χ3n) is 5.58. The normalized spacial score (nSPS) is 23.0. The number of aromatic nitrogens is 4. The molecule has 7 heteroatoms. The van der Waals surface area contributed by atoms with E-state index in [1.54, 1.807) is 13.4 Å². The van der Waals surface area contributed by atoms with Gasteiger partial charge in [-0.15, -0.1) is 0 Å². The van der Waals surface area contributed by atoms with Crippen molar-refractivity contribution in [1.82, 2.24) is 25.1 Å². The summed E-state index contributed by atoms with van der Waals surface area (Å²) in [5, 5.41) is 8.11. The Morgan fingerprint density at radius 1 is 1.31 bits per heavy atom. The summed E-state index contributed by atoms with van der Waals surface area (Å²) >= 11 is 0. The summed E-state index contributed by atoms with van der Waals surface area (Å²) in [7, 11) is 3.83. The monoisotopic (exact) mass is 356 g/mol. The Kier molecular flexibility index (Phi) is 4.91. The van der Waals surface area contributed by atoms with E-state index in [1.165, 1.54) is 24.1 Å². The molecule has 1 aliphatic carbocycles. The second-order valence-electron chi connectivity index (χ2n) is 7.49. The molecule has 2 atom stereocenters. The Balaban J connectivity index is 1.42. The quantitative estimate of drug-likeness (QED) is 0.816. The number of hydrogen-bond acceptors (Lipinski definition) is 6. The zero-order valence-electron chi connectivity index (χ0n) is 15.9. The first-order valence-electron chi connectivity index (χ1n) is 9.45. The van der Waals surface area contributed by atoms with Crippen LogP contribution < -0.4 is 10.2 Å². The largest absolute Gasteiger partial charge is 0.380 e. The van der Waals surface area contributed by atoms with Crippen molar-refractivity contribution in [3.63, 3.8) is 0 Å². The first kappa shape index (κ1) is 17.4. The van der Waals surface area contributed by atoms with E-state index >= 15 is 0 Å². The van der Waals surface area contributed by atoms with E-state index < -0.39 is 0 Å². The van der Waals surface area contributed by atoms with Crippen molar-refractivity contribution >= 4 is 5.82 Å². The van der Waals surface area contributed by atoms with Crippen LogP contribution in [0.1, 0.15) is 42.1 Å². The second kappa shape index (κ2) is 7.32. The number of anilines is 1. The first-order chi connectivity index (χ1) is 12.7. The molecular weight excluding hydrogens is 328 g/mol. The molecule has 0 radical (unpaired) electrons. The fraction of sp³-hybridized carbons (Fsp3) is 0.632. The van der Waals surface area contributed by atoms with E-state index in [0.29, 0.717) is 6.04 Å². The lowest BCUT2D eigenvalue weighted by Crippen LogP contribution is -2.38. The maximum Gasteiger partial charge on any atom is 0.132 e. The van der Waals surface area contributed by atoms with Gasteiger partial charge in [0.15, 0.2) is 0 Å². The molecule has 0 amide bonds. The van der Waals surface area contributed by atoms with Crippen LogP contribution in [0.4, 0.5) is 5.82 Å². The molecule has 7 nitrogen and oxygen atoms in total. The molecule has 3 heterocycles. The second-order valence-corrected chi connectivity index (χ2v) is 7.49. The van der Waals surface area contributed by atoms with Crippen LogP contribution in [0.25, 0.3) is 0 Å². The summed E-state index contributed by atoms with van der Waals surface area (Å²) in [6.45, 7) is 4.63. The Morgan fingerprint density at radius 2 is 2.15 bits per heavy atom. The van der Waals surface area contributed by atoms with E-state index in [9.17, 15) is 0 Å². The van der Waals surface area contributed by atoms with Gasteiger partial charge >= 0.3 is 0 Å². The minimum absolute atomic E-state index is 0.246. The van der Waals surface area contributed by atoms with Crippen molar-refractivity contribution in [2.45, 2.75) is 50.8 Å². The predicted octanol–water partition coefficient (Wildman–Crippen LogP) is 1.78. The Morgan fingerprint density at radius 3 is 2.88 bits per heavy atom. The van der Waals surface area contributed by atoms with E-state index in [1.807, 2.05) is 24.9 Å². The van der Waals surface area contributed by atoms with E-state index in [2.05, 4.69) is 31.3 Å². The van der Waals surface area contributed by atoms with E-state index in [0.717, 1.165) is 43.5 Å². The van der Waals surface area contributed by atoms with Gasteiger partial charge < -0.3 is 15.0 Å². The van der Waals surface area contributed by atoms with E-state index in [4.69, 9.17) is 4.74 Å². The van der Waals surface area contributed by atoms with Gasteiger partial charge in [0.1, 0.15) is 12.1 Å². The topological polar surface area (TPSA) is 68.1 Å². The highest BCUT2D eigenvalue weighted by Gasteiger charge is 2.33. The van der Waals surface area contributed by atoms with Crippen LogP contribution in [-0.4, -0.2) is 52.1 Å². The van der Waals surface area contributed by atoms with Crippen LogP contribution in [0, 0.1) is 6.92 Å². The first-order valence-corrected chi connectivity index (χ1v) is 9.45. The lowest BCUT2D eigenvalue weighted by atomic mass is 10.1. The molecule has 0 unspecified atom stereocenters. The Labute approximate surface area is 154 Å². The number of rotatable bonds is 7. The number of aryl methyl sites for hydroxylation is 2. The number of methoxy groups -OCH3 is 1. The van der Waals surface area contributed by atoms with Gasteiger partial charge in [0, 0.05) is 51.6 Å². The average molecular weight is 356 g/mol. The van der Waals surface area contributed by atoms with Crippen molar-refractivity contribution in [2.24, 2.45) is 7.05 Å². The zero-order valence-corrected chi connectivity index (χ0v) is 15.9. The van der Waals surface area contributed by atoms with Gasteiger partial charge in [-0.1, -0.05) is 0 Å². The van der Waals surface area contributed by atoms with Crippen molar-refractivity contribution in [2.75, 3.05) is 25.1 Å².